The third-order valence-corrected chi connectivity index (χ3v) is 3.02. The third-order valence-electron chi connectivity index (χ3n) is 3.02. The molecule has 1 aromatic rings. The third kappa shape index (κ3) is 3.96. The lowest BCUT2D eigenvalue weighted by atomic mass is 10.1. The van der Waals surface area contributed by atoms with Crippen molar-refractivity contribution in [1.29, 1.82) is 0 Å². The summed E-state index contributed by atoms with van der Waals surface area (Å²) in [4.78, 5) is 24.2. The monoisotopic (exact) mass is 280 g/mol. The summed E-state index contributed by atoms with van der Waals surface area (Å²) >= 11 is 0. The number of amides is 2. The minimum atomic E-state index is -1.11. The number of hydrogen-bond acceptors (Lipinski definition) is 3. The van der Waals surface area contributed by atoms with Crippen molar-refractivity contribution in [2.45, 2.75) is 20.0 Å². The van der Waals surface area contributed by atoms with Crippen LogP contribution in [0.3, 0.4) is 0 Å². The van der Waals surface area contributed by atoms with Gasteiger partial charge in [-0.1, -0.05) is 17.7 Å². The summed E-state index contributed by atoms with van der Waals surface area (Å²) in [7, 11) is 2.92. The van der Waals surface area contributed by atoms with Gasteiger partial charge in [0.25, 0.3) is 0 Å². The fourth-order valence-corrected chi connectivity index (χ4v) is 1.86. The maximum Gasteiger partial charge on any atom is 0.334 e. The summed E-state index contributed by atoms with van der Waals surface area (Å²) in [6.45, 7) is 3.81. The number of anilines is 1. The number of urea groups is 1. The van der Waals surface area contributed by atoms with E-state index in [1.165, 1.54) is 12.0 Å². The van der Waals surface area contributed by atoms with E-state index < -0.39 is 12.1 Å². The number of aryl methyl sites for hydroxylation is 2. The van der Waals surface area contributed by atoms with Crippen LogP contribution in [0.5, 0.6) is 0 Å². The number of carbonyl (C=O) groups is 2. The first kappa shape index (κ1) is 16.0. The summed E-state index contributed by atoms with van der Waals surface area (Å²) in [5, 5.41) is 11.4. The molecule has 0 fully saturated rings. The molecule has 1 rings (SSSR count). The molecule has 0 bridgehead atoms. The number of rotatable bonds is 5. The molecule has 0 heterocycles. The van der Waals surface area contributed by atoms with Crippen LogP contribution in [0.1, 0.15) is 11.1 Å². The fourth-order valence-electron chi connectivity index (χ4n) is 1.86. The molecule has 0 aliphatic heterocycles. The maximum absolute atomic E-state index is 12.0. The summed E-state index contributed by atoms with van der Waals surface area (Å²) in [5.74, 6) is -1.11. The Kier molecular flexibility index (Phi) is 5.52. The summed E-state index contributed by atoms with van der Waals surface area (Å²) in [6.07, 6.45) is -1.05. The molecule has 0 saturated heterocycles. The van der Waals surface area contributed by atoms with Crippen molar-refractivity contribution in [3.8, 4) is 0 Å². The van der Waals surface area contributed by atoms with Gasteiger partial charge in [-0.2, -0.15) is 0 Å². The number of ether oxygens (including phenoxy) is 1. The van der Waals surface area contributed by atoms with Crippen LogP contribution in [0, 0.1) is 13.8 Å². The van der Waals surface area contributed by atoms with Crippen LogP contribution >= 0.6 is 0 Å². The van der Waals surface area contributed by atoms with Crippen LogP contribution in [-0.2, 0) is 9.53 Å². The lowest BCUT2D eigenvalue weighted by Gasteiger charge is -2.21. The van der Waals surface area contributed by atoms with Crippen LogP contribution in [0.2, 0.25) is 0 Å². The van der Waals surface area contributed by atoms with Crippen LogP contribution in [0.4, 0.5) is 10.5 Å². The standard InChI is InChI=1S/C14H20N2O4/c1-9-5-6-11(10(2)7-9)16(3)14(19)15-8-12(20-4)13(17)18/h5-7,12H,8H2,1-4H3,(H,15,19)(H,17,18). The molecular formula is C14H20N2O4. The second kappa shape index (κ2) is 6.91. The van der Waals surface area contributed by atoms with Crippen molar-refractivity contribution in [2.24, 2.45) is 0 Å². The summed E-state index contributed by atoms with van der Waals surface area (Å²) in [5.41, 5.74) is 2.87. The lowest BCUT2D eigenvalue weighted by molar-refractivity contribution is -0.147. The molecule has 110 valence electrons. The minimum Gasteiger partial charge on any atom is -0.479 e. The maximum atomic E-state index is 12.0. The number of methoxy groups -OCH3 is 1. The van der Waals surface area contributed by atoms with Gasteiger partial charge in [0.1, 0.15) is 0 Å². The van der Waals surface area contributed by atoms with Crippen molar-refractivity contribution in [2.75, 3.05) is 25.6 Å². The molecule has 6 heteroatoms. The van der Waals surface area contributed by atoms with E-state index in [1.807, 2.05) is 32.0 Å². The molecule has 0 aliphatic carbocycles. The first-order valence-electron chi connectivity index (χ1n) is 6.21. The molecule has 0 radical (unpaired) electrons. The quantitative estimate of drug-likeness (QED) is 0.857. The Morgan fingerprint density at radius 1 is 1.40 bits per heavy atom. The van der Waals surface area contributed by atoms with Crippen molar-refractivity contribution in [1.82, 2.24) is 5.32 Å². The molecular weight excluding hydrogens is 260 g/mol. The van der Waals surface area contributed by atoms with Gasteiger partial charge >= 0.3 is 12.0 Å². The topological polar surface area (TPSA) is 78.9 Å². The molecule has 1 unspecified atom stereocenters. The highest BCUT2D eigenvalue weighted by molar-refractivity contribution is 5.92. The zero-order valence-corrected chi connectivity index (χ0v) is 12.1. The zero-order valence-electron chi connectivity index (χ0n) is 12.1. The smallest absolute Gasteiger partial charge is 0.334 e. The van der Waals surface area contributed by atoms with Gasteiger partial charge in [0.15, 0.2) is 6.10 Å². The number of nitrogens with zero attached hydrogens (tertiary/aromatic N) is 1. The average molecular weight is 280 g/mol. The van der Waals surface area contributed by atoms with E-state index in [0.29, 0.717) is 0 Å². The molecule has 0 saturated carbocycles. The minimum absolute atomic E-state index is 0.0834. The Morgan fingerprint density at radius 2 is 2.05 bits per heavy atom. The summed E-state index contributed by atoms with van der Waals surface area (Å²) in [6, 6.07) is 5.38. The van der Waals surface area contributed by atoms with Gasteiger partial charge < -0.3 is 15.2 Å². The molecule has 20 heavy (non-hydrogen) atoms. The van der Waals surface area contributed by atoms with Gasteiger partial charge in [-0.3, -0.25) is 4.90 Å². The highest BCUT2D eigenvalue weighted by Crippen LogP contribution is 2.19. The second-order valence-corrected chi connectivity index (χ2v) is 4.60. The Hall–Kier alpha value is -2.08. The predicted octanol–water partition coefficient (Wildman–Crippen LogP) is 1.55. The van der Waals surface area contributed by atoms with Gasteiger partial charge in [-0.25, -0.2) is 9.59 Å². The fraction of sp³-hybridized carbons (Fsp3) is 0.429. The van der Waals surface area contributed by atoms with E-state index in [0.717, 1.165) is 16.8 Å². The first-order chi connectivity index (χ1) is 9.36. The number of benzene rings is 1. The normalized spacial score (nSPS) is 11.8. The van der Waals surface area contributed by atoms with E-state index >= 15 is 0 Å². The van der Waals surface area contributed by atoms with E-state index in [-0.39, 0.29) is 12.6 Å². The van der Waals surface area contributed by atoms with Gasteiger partial charge in [-0.15, -0.1) is 0 Å². The molecule has 2 N–H and O–H groups in total. The van der Waals surface area contributed by atoms with E-state index in [2.05, 4.69) is 5.32 Å². The molecule has 6 nitrogen and oxygen atoms in total. The van der Waals surface area contributed by atoms with Crippen molar-refractivity contribution < 1.29 is 19.4 Å². The first-order valence-corrected chi connectivity index (χ1v) is 6.21. The predicted molar refractivity (Wildman–Crippen MR) is 76.2 cm³/mol. The Morgan fingerprint density at radius 3 is 2.55 bits per heavy atom. The molecule has 0 spiro atoms. The number of nitrogens with one attached hydrogen (secondary N) is 1. The van der Waals surface area contributed by atoms with Gasteiger partial charge in [0, 0.05) is 19.8 Å². The number of hydrogen-bond donors (Lipinski definition) is 2. The Labute approximate surface area is 118 Å². The van der Waals surface area contributed by atoms with Crippen LogP contribution in [-0.4, -0.2) is 43.9 Å². The van der Waals surface area contributed by atoms with Gasteiger partial charge in [-0.05, 0) is 25.5 Å². The highest BCUT2D eigenvalue weighted by Gasteiger charge is 2.19. The van der Waals surface area contributed by atoms with Gasteiger partial charge in [0.2, 0.25) is 0 Å². The lowest BCUT2D eigenvalue weighted by Crippen LogP contribution is -2.43. The number of aliphatic carboxylic acids is 1. The van der Waals surface area contributed by atoms with Crippen molar-refractivity contribution >= 4 is 17.7 Å². The van der Waals surface area contributed by atoms with Crippen LogP contribution in [0.25, 0.3) is 0 Å². The van der Waals surface area contributed by atoms with E-state index in [1.54, 1.807) is 7.05 Å². The molecule has 2 amide bonds. The zero-order chi connectivity index (χ0) is 15.3. The summed E-state index contributed by atoms with van der Waals surface area (Å²) < 4.78 is 4.75. The number of carboxylic acid groups (broad SMARTS) is 1. The van der Waals surface area contributed by atoms with Crippen molar-refractivity contribution in [3.05, 3.63) is 29.3 Å². The van der Waals surface area contributed by atoms with Crippen molar-refractivity contribution in [3.63, 3.8) is 0 Å². The molecule has 1 aromatic carbocycles. The van der Waals surface area contributed by atoms with E-state index in [9.17, 15) is 9.59 Å². The van der Waals surface area contributed by atoms with E-state index in [4.69, 9.17) is 9.84 Å². The highest BCUT2D eigenvalue weighted by atomic mass is 16.5. The Bertz CT molecular complexity index is 502. The number of carbonyl (C=O) groups excluding carboxylic acids is 1. The largest absolute Gasteiger partial charge is 0.479 e. The SMILES string of the molecule is COC(CNC(=O)N(C)c1ccc(C)cc1C)C(=O)O. The van der Waals surface area contributed by atoms with Crippen LogP contribution < -0.4 is 10.2 Å². The average Bonchev–Trinajstić information content (AvgIpc) is 2.38. The molecule has 1 atom stereocenters. The molecule has 0 aliphatic rings. The second-order valence-electron chi connectivity index (χ2n) is 4.60. The number of carboxylic acids is 1. The molecule has 0 aromatic heterocycles. The van der Waals surface area contributed by atoms with Gasteiger partial charge in [0.05, 0.1) is 6.54 Å². The van der Waals surface area contributed by atoms with Crippen LogP contribution in [0.15, 0.2) is 18.2 Å². The Balaban J connectivity index is 2.69.